The van der Waals surface area contributed by atoms with Gasteiger partial charge >= 0.3 is 0 Å². The molecule has 1 aromatic carbocycles. The lowest BCUT2D eigenvalue weighted by Crippen LogP contribution is -2.29. The summed E-state index contributed by atoms with van der Waals surface area (Å²) in [5, 5.41) is 5.08. The first-order valence-corrected chi connectivity index (χ1v) is 8.27. The molecule has 0 heterocycles. The van der Waals surface area contributed by atoms with Gasteiger partial charge in [-0.1, -0.05) is 23.2 Å². The molecule has 1 saturated carbocycles. The number of carbonyl (C=O) groups excluding carboxylic acids is 1. The highest BCUT2D eigenvalue weighted by molar-refractivity contribution is 7.89. The van der Waals surface area contributed by atoms with E-state index in [1.807, 2.05) is 0 Å². The van der Waals surface area contributed by atoms with Crippen LogP contribution in [0, 0.1) is 5.92 Å². The van der Waals surface area contributed by atoms with Gasteiger partial charge in [-0.3, -0.25) is 4.79 Å². The van der Waals surface area contributed by atoms with Crippen molar-refractivity contribution in [3.05, 3.63) is 27.7 Å². The second kappa shape index (κ2) is 5.52. The molecule has 110 valence electrons. The Balaban J connectivity index is 2.38. The summed E-state index contributed by atoms with van der Waals surface area (Å²) in [4.78, 5) is 13.6. The number of primary sulfonamides is 1. The average Bonchev–Trinajstić information content (AvgIpc) is 3.14. The second-order valence-corrected chi connectivity index (χ2v) is 7.29. The van der Waals surface area contributed by atoms with Crippen molar-refractivity contribution >= 4 is 39.1 Å². The van der Waals surface area contributed by atoms with Crippen molar-refractivity contribution in [2.45, 2.75) is 17.7 Å². The molecule has 20 heavy (non-hydrogen) atoms. The monoisotopic (exact) mass is 336 g/mol. The Kier molecular flexibility index (Phi) is 4.30. The maximum atomic E-state index is 12.3. The summed E-state index contributed by atoms with van der Waals surface area (Å²) < 4.78 is 22.8. The van der Waals surface area contributed by atoms with Crippen LogP contribution in [0.2, 0.25) is 10.0 Å². The van der Waals surface area contributed by atoms with Gasteiger partial charge in [0.1, 0.15) is 0 Å². The molecule has 1 aromatic rings. The number of halogens is 2. The van der Waals surface area contributed by atoms with Crippen LogP contribution in [0.1, 0.15) is 23.2 Å². The maximum absolute atomic E-state index is 12.3. The number of carbonyl (C=O) groups is 1. The lowest BCUT2D eigenvalue weighted by molar-refractivity contribution is 0.0788. The fraction of sp³-hybridized carbons (Fsp3) is 0.417. The van der Waals surface area contributed by atoms with Crippen molar-refractivity contribution in [3.8, 4) is 0 Å². The Morgan fingerprint density at radius 1 is 1.40 bits per heavy atom. The van der Waals surface area contributed by atoms with E-state index in [1.54, 1.807) is 7.05 Å². The zero-order valence-electron chi connectivity index (χ0n) is 10.8. The van der Waals surface area contributed by atoms with Gasteiger partial charge in [0.25, 0.3) is 5.91 Å². The van der Waals surface area contributed by atoms with Gasteiger partial charge in [0.05, 0.1) is 20.5 Å². The molecule has 5 nitrogen and oxygen atoms in total. The molecule has 1 fully saturated rings. The van der Waals surface area contributed by atoms with E-state index in [2.05, 4.69) is 0 Å². The smallest absolute Gasteiger partial charge is 0.255 e. The van der Waals surface area contributed by atoms with Gasteiger partial charge in [0.2, 0.25) is 10.0 Å². The molecule has 0 bridgehead atoms. The number of nitrogens with zero attached hydrogens (tertiary/aromatic N) is 1. The Morgan fingerprint density at radius 2 is 2.00 bits per heavy atom. The van der Waals surface area contributed by atoms with E-state index in [1.165, 1.54) is 4.90 Å². The molecule has 0 aliphatic heterocycles. The largest absolute Gasteiger partial charge is 0.341 e. The highest BCUT2D eigenvalue weighted by Crippen LogP contribution is 2.32. The number of hydrogen-bond donors (Lipinski definition) is 1. The van der Waals surface area contributed by atoms with E-state index in [-0.39, 0.29) is 26.4 Å². The number of hydrogen-bond acceptors (Lipinski definition) is 3. The fourth-order valence-corrected chi connectivity index (χ4v) is 2.90. The van der Waals surface area contributed by atoms with Crippen LogP contribution in [0.5, 0.6) is 0 Å². The van der Waals surface area contributed by atoms with Crippen molar-refractivity contribution in [1.82, 2.24) is 4.90 Å². The van der Waals surface area contributed by atoms with Crippen molar-refractivity contribution < 1.29 is 13.2 Å². The van der Waals surface area contributed by atoms with Crippen LogP contribution in [0.4, 0.5) is 0 Å². The Labute approximate surface area is 127 Å². The molecule has 1 aliphatic carbocycles. The van der Waals surface area contributed by atoms with Crippen LogP contribution in [-0.2, 0) is 10.0 Å². The Hall–Kier alpha value is -0.820. The second-order valence-electron chi connectivity index (χ2n) is 4.94. The molecule has 2 rings (SSSR count). The zero-order valence-corrected chi connectivity index (χ0v) is 13.1. The SMILES string of the molecule is CN(CC1CC1)C(=O)c1cc(S(N)(=O)=O)cc(Cl)c1Cl. The predicted octanol–water partition coefficient (Wildman–Crippen LogP) is 2.12. The third kappa shape index (κ3) is 3.44. The van der Waals surface area contributed by atoms with Gasteiger partial charge in [-0.25, -0.2) is 13.6 Å². The summed E-state index contributed by atoms with van der Waals surface area (Å²) in [5.41, 5.74) is 0.0475. The summed E-state index contributed by atoms with van der Waals surface area (Å²) in [5.74, 6) is 0.147. The van der Waals surface area contributed by atoms with Gasteiger partial charge < -0.3 is 4.90 Å². The van der Waals surface area contributed by atoms with Crippen molar-refractivity contribution in [3.63, 3.8) is 0 Å². The Morgan fingerprint density at radius 3 is 2.50 bits per heavy atom. The van der Waals surface area contributed by atoms with E-state index in [0.29, 0.717) is 12.5 Å². The maximum Gasteiger partial charge on any atom is 0.255 e. The normalized spacial score (nSPS) is 15.2. The average molecular weight is 337 g/mol. The molecular formula is C12H14Cl2N2O3S. The molecule has 1 aliphatic rings. The van der Waals surface area contributed by atoms with Crippen LogP contribution in [0.3, 0.4) is 0 Å². The molecule has 1 amide bonds. The molecule has 0 atom stereocenters. The minimum absolute atomic E-state index is 0.0126. The van der Waals surface area contributed by atoms with Crippen LogP contribution in [0.15, 0.2) is 17.0 Å². The lowest BCUT2D eigenvalue weighted by atomic mass is 10.2. The highest BCUT2D eigenvalue weighted by atomic mass is 35.5. The Bertz CT molecular complexity index is 657. The summed E-state index contributed by atoms with van der Waals surface area (Å²) in [7, 11) is -2.30. The predicted molar refractivity (Wildman–Crippen MR) is 77.5 cm³/mol. The van der Waals surface area contributed by atoms with Crippen LogP contribution < -0.4 is 5.14 Å². The molecule has 0 saturated heterocycles. The first-order valence-electron chi connectivity index (χ1n) is 5.97. The van der Waals surface area contributed by atoms with Gasteiger partial charge in [0, 0.05) is 13.6 Å². The minimum atomic E-state index is -3.95. The minimum Gasteiger partial charge on any atom is -0.341 e. The number of amides is 1. The topological polar surface area (TPSA) is 80.5 Å². The zero-order chi connectivity index (χ0) is 15.1. The summed E-state index contributed by atoms with van der Waals surface area (Å²) in [6.07, 6.45) is 2.20. The molecule has 2 N–H and O–H groups in total. The molecule has 0 unspecified atom stereocenters. The number of nitrogens with two attached hydrogens (primary N) is 1. The molecular weight excluding hydrogens is 323 g/mol. The molecule has 8 heteroatoms. The molecule has 0 radical (unpaired) electrons. The quantitative estimate of drug-likeness (QED) is 0.914. The lowest BCUT2D eigenvalue weighted by Gasteiger charge is -2.18. The van der Waals surface area contributed by atoms with E-state index >= 15 is 0 Å². The summed E-state index contributed by atoms with van der Waals surface area (Å²) in [6, 6.07) is 2.30. The summed E-state index contributed by atoms with van der Waals surface area (Å²) >= 11 is 11.9. The standard InChI is InChI=1S/C12H14Cl2N2O3S/c1-16(6-7-2-3-7)12(17)9-4-8(20(15,18)19)5-10(13)11(9)14/h4-5,7H,2-3,6H2,1H3,(H2,15,18,19). The number of sulfonamides is 1. The van der Waals surface area contributed by atoms with Gasteiger partial charge in [-0.05, 0) is 30.9 Å². The van der Waals surface area contributed by atoms with E-state index in [4.69, 9.17) is 28.3 Å². The third-order valence-electron chi connectivity index (χ3n) is 3.14. The van der Waals surface area contributed by atoms with E-state index in [0.717, 1.165) is 25.0 Å². The van der Waals surface area contributed by atoms with E-state index in [9.17, 15) is 13.2 Å². The van der Waals surface area contributed by atoms with Crippen molar-refractivity contribution in [2.24, 2.45) is 11.1 Å². The first kappa shape index (κ1) is 15.6. The van der Waals surface area contributed by atoms with Crippen molar-refractivity contribution in [2.75, 3.05) is 13.6 Å². The highest BCUT2D eigenvalue weighted by Gasteiger charge is 2.27. The summed E-state index contributed by atoms with van der Waals surface area (Å²) in [6.45, 7) is 0.617. The van der Waals surface area contributed by atoms with Crippen molar-refractivity contribution in [1.29, 1.82) is 0 Å². The van der Waals surface area contributed by atoms with Gasteiger partial charge in [-0.15, -0.1) is 0 Å². The van der Waals surface area contributed by atoms with E-state index < -0.39 is 10.0 Å². The van der Waals surface area contributed by atoms with Crippen LogP contribution in [-0.4, -0.2) is 32.8 Å². The number of benzene rings is 1. The fourth-order valence-electron chi connectivity index (χ4n) is 1.86. The number of rotatable bonds is 4. The van der Waals surface area contributed by atoms with Gasteiger partial charge in [0.15, 0.2) is 0 Å². The third-order valence-corrected chi connectivity index (χ3v) is 4.83. The van der Waals surface area contributed by atoms with Crippen LogP contribution in [0.25, 0.3) is 0 Å². The van der Waals surface area contributed by atoms with Gasteiger partial charge in [-0.2, -0.15) is 0 Å². The molecule has 0 aromatic heterocycles. The van der Waals surface area contributed by atoms with Crippen LogP contribution >= 0.6 is 23.2 Å². The first-order chi connectivity index (χ1) is 9.20. The molecule has 0 spiro atoms.